The molecule has 2 aromatic rings. The fourth-order valence-corrected chi connectivity index (χ4v) is 1.98. The molecule has 22 heavy (non-hydrogen) atoms. The quantitative estimate of drug-likeness (QED) is 0.848. The molecule has 0 aliphatic rings. The van der Waals surface area contributed by atoms with E-state index >= 15 is 0 Å². The van der Waals surface area contributed by atoms with E-state index < -0.39 is 0 Å². The van der Waals surface area contributed by atoms with E-state index in [0.29, 0.717) is 6.54 Å². The van der Waals surface area contributed by atoms with Gasteiger partial charge in [0, 0.05) is 32.5 Å². The summed E-state index contributed by atoms with van der Waals surface area (Å²) >= 11 is 0. The van der Waals surface area contributed by atoms with Crippen LogP contribution >= 0.6 is 0 Å². The fraction of sp³-hybridized carbons (Fsp3) is 0.375. The Morgan fingerprint density at radius 1 is 1.36 bits per heavy atom. The second kappa shape index (κ2) is 7.61. The van der Waals surface area contributed by atoms with E-state index in [9.17, 15) is 4.79 Å². The van der Waals surface area contributed by atoms with Crippen molar-refractivity contribution in [3.63, 3.8) is 0 Å². The molecule has 2 rings (SSSR count). The standard InChI is InChI=1S/C16H22N4O2/c1-13(11-21)19(2)16(22)18-9-14-3-5-15(6-4-14)10-20-8-7-17-12-20/h3-8,12-13,21H,9-11H2,1-2H3,(H,18,22). The molecule has 0 fully saturated rings. The maximum atomic E-state index is 11.9. The van der Waals surface area contributed by atoms with Crippen molar-refractivity contribution >= 4 is 6.03 Å². The van der Waals surface area contributed by atoms with Crippen LogP contribution in [0.2, 0.25) is 0 Å². The number of urea groups is 1. The van der Waals surface area contributed by atoms with E-state index in [2.05, 4.69) is 10.3 Å². The number of likely N-dealkylation sites (N-methyl/N-ethyl adjacent to an activating group) is 1. The first-order valence-corrected chi connectivity index (χ1v) is 7.25. The zero-order valence-corrected chi connectivity index (χ0v) is 12.9. The third-order valence-corrected chi connectivity index (χ3v) is 3.64. The van der Waals surface area contributed by atoms with Gasteiger partial charge in [-0.25, -0.2) is 9.78 Å². The highest BCUT2D eigenvalue weighted by atomic mass is 16.3. The fourth-order valence-electron chi connectivity index (χ4n) is 1.98. The number of nitrogens with zero attached hydrogens (tertiary/aromatic N) is 3. The van der Waals surface area contributed by atoms with E-state index in [4.69, 9.17) is 5.11 Å². The minimum absolute atomic E-state index is 0.0487. The van der Waals surface area contributed by atoms with Crippen LogP contribution in [0.25, 0.3) is 0 Å². The number of carbonyl (C=O) groups is 1. The van der Waals surface area contributed by atoms with Crippen molar-refractivity contribution in [3.05, 3.63) is 54.1 Å². The number of nitrogens with one attached hydrogen (secondary N) is 1. The van der Waals surface area contributed by atoms with Crippen LogP contribution < -0.4 is 5.32 Å². The highest BCUT2D eigenvalue weighted by Gasteiger charge is 2.13. The van der Waals surface area contributed by atoms with Crippen LogP contribution in [0.5, 0.6) is 0 Å². The Hall–Kier alpha value is -2.34. The summed E-state index contributed by atoms with van der Waals surface area (Å²) in [5, 5.41) is 11.9. The molecule has 6 nitrogen and oxygen atoms in total. The lowest BCUT2D eigenvalue weighted by atomic mass is 10.1. The number of benzene rings is 1. The lowest BCUT2D eigenvalue weighted by molar-refractivity contribution is 0.157. The molecule has 2 amide bonds. The van der Waals surface area contributed by atoms with Gasteiger partial charge in [-0.2, -0.15) is 0 Å². The average Bonchev–Trinajstić information content (AvgIpc) is 3.05. The van der Waals surface area contributed by atoms with Gasteiger partial charge in [0.1, 0.15) is 0 Å². The summed E-state index contributed by atoms with van der Waals surface area (Å²) in [6.45, 7) is 2.99. The molecular weight excluding hydrogens is 280 g/mol. The van der Waals surface area contributed by atoms with Crippen LogP contribution in [0, 0.1) is 0 Å². The second-order valence-electron chi connectivity index (χ2n) is 5.35. The lowest BCUT2D eigenvalue weighted by Crippen LogP contribution is -2.43. The maximum absolute atomic E-state index is 11.9. The molecule has 0 bridgehead atoms. The van der Waals surface area contributed by atoms with Crippen LogP contribution in [0.1, 0.15) is 18.1 Å². The van der Waals surface area contributed by atoms with Crippen molar-refractivity contribution in [2.45, 2.75) is 26.1 Å². The summed E-state index contributed by atoms with van der Waals surface area (Å²) in [7, 11) is 1.67. The normalized spacial score (nSPS) is 12.0. The van der Waals surface area contributed by atoms with Crippen LogP contribution in [0.4, 0.5) is 4.79 Å². The van der Waals surface area contributed by atoms with Gasteiger partial charge in [0.25, 0.3) is 0 Å². The van der Waals surface area contributed by atoms with Crippen LogP contribution in [0.3, 0.4) is 0 Å². The van der Waals surface area contributed by atoms with E-state index in [0.717, 1.165) is 12.1 Å². The third kappa shape index (κ3) is 4.33. The van der Waals surface area contributed by atoms with Crippen molar-refractivity contribution in [3.8, 4) is 0 Å². The molecule has 1 atom stereocenters. The number of aliphatic hydroxyl groups excluding tert-OH is 1. The molecule has 118 valence electrons. The SMILES string of the molecule is CC(CO)N(C)C(=O)NCc1ccc(Cn2ccnc2)cc1. The Kier molecular flexibility index (Phi) is 5.55. The van der Waals surface area contributed by atoms with Crippen LogP contribution in [0.15, 0.2) is 43.0 Å². The number of aliphatic hydroxyl groups is 1. The summed E-state index contributed by atoms with van der Waals surface area (Å²) < 4.78 is 2.00. The monoisotopic (exact) mass is 302 g/mol. The first-order chi connectivity index (χ1) is 10.6. The van der Waals surface area contributed by atoms with Crippen molar-refractivity contribution < 1.29 is 9.90 Å². The molecule has 0 radical (unpaired) electrons. The number of carbonyl (C=O) groups excluding carboxylic acids is 1. The van der Waals surface area contributed by atoms with Gasteiger partial charge in [-0.3, -0.25) is 0 Å². The predicted molar refractivity (Wildman–Crippen MR) is 84.3 cm³/mol. The predicted octanol–water partition coefficient (Wildman–Crippen LogP) is 1.45. The Labute approximate surface area is 130 Å². The molecule has 0 saturated carbocycles. The Morgan fingerprint density at radius 2 is 2.05 bits per heavy atom. The smallest absolute Gasteiger partial charge is 0.317 e. The summed E-state index contributed by atoms with van der Waals surface area (Å²) in [5.74, 6) is 0. The zero-order valence-electron chi connectivity index (χ0n) is 12.9. The van der Waals surface area contributed by atoms with Crippen molar-refractivity contribution in [2.24, 2.45) is 0 Å². The Morgan fingerprint density at radius 3 is 2.64 bits per heavy atom. The summed E-state index contributed by atoms with van der Waals surface area (Å²) in [6.07, 6.45) is 5.46. The Balaban J connectivity index is 1.85. The van der Waals surface area contributed by atoms with Crippen molar-refractivity contribution in [1.82, 2.24) is 19.8 Å². The minimum Gasteiger partial charge on any atom is -0.394 e. The molecule has 0 aliphatic carbocycles. The van der Waals surface area contributed by atoms with Gasteiger partial charge >= 0.3 is 6.03 Å². The van der Waals surface area contributed by atoms with Gasteiger partial charge in [0.15, 0.2) is 0 Å². The van der Waals surface area contributed by atoms with Gasteiger partial charge in [-0.1, -0.05) is 24.3 Å². The van der Waals surface area contributed by atoms with Gasteiger partial charge in [0.2, 0.25) is 0 Å². The van der Waals surface area contributed by atoms with Gasteiger partial charge in [-0.05, 0) is 18.1 Å². The van der Waals surface area contributed by atoms with E-state index in [-0.39, 0.29) is 18.7 Å². The first-order valence-electron chi connectivity index (χ1n) is 7.25. The summed E-state index contributed by atoms with van der Waals surface area (Å²) in [4.78, 5) is 17.4. The lowest BCUT2D eigenvalue weighted by Gasteiger charge is -2.23. The number of hydrogen-bond donors (Lipinski definition) is 2. The highest BCUT2D eigenvalue weighted by Crippen LogP contribution is 2.06. The number of hydrogen-bond acceptors (Lipinski definition) is 3. The van der Waals surface area contributed by atoms with E-state index in [1.165, 1.54) is 10.5 Å². The second-order valence-corrected chi connectivity index (χ2v) is 5.35. The van der Waals surface area contributed by atoms with Crippen LogP contribution in [-0.4, -0.2) is 45.3 Å². The van der Waals surface area contributed by atoms with Crippen molar-refractivity contribution in [1.29, 1.82) is 0 Å². The average molecular weight is 302 g/mol. The summed E-state index contributed by atoms with van der Waals surface area (Å²) in [5.41, 5.74) is 2.21. The maximum Gasteiger partial charge on any atom is 0.317 e. The van der Waals surface area contributed by atoms with Crippen molar-refractivity contribution in [2.75, 3.05) is 13.7 Å². The molecule has 0 aliphatic heterocycles. The molecule has 2 N–H and O–H groups in total. The molecular formula is C16H22N4O2. The van der Waals surface area contributed by atoms with E-state index in [1.807, 2.05) is 35.0 Å². The molecule has 0 saturated heterocycles. The number of rotatable bonds is 6. The first kappa shape index (κ1) is 16.0. The highest BCUT2D eigenvalue weighted by molar-refractivity contribution is 5.74. The van der Waals surface area contributed by atoms with Crippen LogP contribution in [-0.2, 0) is 13.1 Å². The zero-order chi connectivity index (χ0) is 15.9. The molecule has 6 heteroatoms. The van der Waals surface area contributed by atoms with Gasteiger partial charge < -0.3 is 19.9 Å². The third-order valence-electron chi connectivity index (χ3n) is 3.64. The number of imidazole rings is 1. The summed E-state index contributed by atoms with van der Waals surface area (Å²) in [6, 6.07) is 7.70. The number of aromatic nitrogens is 2. The topological polar surface area (TPSA) is 70.4 Å². The Bertz CT molecular complexity index is 581. The minimum atomic E-state index is -0.197. The molecule has 1 aromatic heterocycles. The largest absolute Gasteiger partial charge is 0.394 e. The van der Waals surface area contributed by atoms with E-state index in [1.54, 1.807) is 26.5 Å². The molecule has 1 aromatic carbocycles. The van der Waals surface area contributed by atoms with Gasteiger partial charge in [0.05, 0.1) is 19.0 Å². The molecule has 1 unspecified atom stereocenters. The van der Waals surface area contributed by atoms with Gasteiger partial charge in [-0.15, -0.1) is 0 Å². The molecule has 1 heterocycles. The number of amides is 2. The molecule has 0 spiro atoms.